The van der Waals surface area contributed by atoms with E-state index in [4.69, 9.17) is 0 Å². The summed E-state index contributed by atoms with van der Waals surface area (Å²) < 4.78 is 0. The van der Waals surface area contributed by atoms with Crippen LogP contribution in [0, 0.1) is 5.92 Å². The third kappa shape index (κ3) is 3.44. The van der Waals surface area contributed by atoms with Gasteiger partial charge in [0.15, 0.2) is 0 Å². The predicted octanol–water partition coefficient (Wildman–Crippen LogP) is 2.59. The molecule has 2 atom stereocenters. The lowest BCUT2D eigenvalue weighted by Crippen LogP contribution is -2.36. The van der Waals surface area contributed by atoms with Crippen LogP contribution in [0.3, 0.4) is 0 Å². The maximum atomic E-state index is 3.59. The highest BCUT2D eigenvalue weighted by Crippen LogP contribution is 2.24. The van der Waals surface area contributed by atoms with Crippen molar-refractivity contribution in [2.45, 2.75) is 52.1 Å². The molecular formula is C9H20ClN. The Morgan fingerprint density at radius 1 is 1.27 bits per heavy atom. The second-order valence-electron chi connectivity index (χ2n) is 3.84. The zero-order valence-corrected chi connectivity index (χ0v) is 8.58. The summed E-state index contributed by atoms with van der Waals surface area (Å²) in [5.74, 6) is 0.905. The van der Waals surface area contributed by atoms with Crippen LogP contribution in [0.15, 0.2) is 0 Å². The monoisotopic (exact) mass is 177 g/mol. The van der Waals surface area contributed by atoms with Crippen LogP contribution in [0.25, 0.3) is 0 Å². The van der Waals surface area contributed by atoms with E-state index in [-0.39, 0.29) is 12.4 Å². The highest BCUT2D eigenvalue weighted by molar-refractivity contribution is 5.85. The van der Waals surface area contributed by atoms with Crippen molar-refractivity contribution < 1.29 is 0 Å². The molecule has 11 heavy (non-hydrogen) atoms. The Morgan fingerprint density at radius 2 is 1.91 bits per heavy atom. The van der Waals surface area contributed by atoms with Crippen LogP contribution >= 0.6 is 12.4 Å². The Labute approximate surface area is 76.4 Å². The topological polar surface area (TPSA) is 12.0 Å². The second kappa shape index (κ2) is 5.00. The van der Waals surface area contributed by atoms with Gasteiger partial charge in [-0.05, 0) is 18.8 Å². The van der Waals surface area contributed by atoms with Crippen molar-refractivity contribution >= 4 is 12.4 Å². The summed E-state index contributed by atoms with van der Waals surface area (Å²) >= 11 is 0. The first-order valence-corrected chi connectivity index (χ1v) is 4.46. The van der Waals surface area contributed by atoms with Gasteiger partial charge in [0.2, 0.25) is 0 Å². The molecule has 0 bridgehead atoms. The van der Waals surface area contributed by atoms with E-state index >= 15 is 0 Å². The number of hydrogen-bond acceptors (Lipinski definition) is 1. The molecule has 1 saturated carbocycles. The van der Waals surface area contributed by atoms with Crippen LogP contribution < -0.4 is 5.32 Å². The van der Waals surface area contributed by atoms with E-state index < -0.39 is 0 Å². The van der Waals surface area contributed by atoms with Gasteiger partial charge < -0.3 is 5.32 Å². The van der Waals surface area contributed by atoms with Crippen LogP contribution in [-0.4, -0.2) is 12.1 Å². The lowest BCUT2D eigenvalue weighted by atomic mass is 10.1. The van der Waals surface area contributed by atoms with Crippen molar-refractivity contribution in [1.82, 2.24) is 5.32 Å². The van der Waals surface area contributed by atoms with Crippen LogP contribution in [0.5, 0.6) is 0 Å². The smallest absolute Gasteiger partial charge is 0.00950 e. The molecule has 0 aromatic heterocycles. The van der Waals surface area contributed by atoms with Crippen molar-refractivity contribution in [3.8, 4) is 0 Å². The molecule has 68 valence electrons. The molecular weight excluding hydrogens is 158 g/mol. The van der Waals surface area contributed by atoms with Gasteiger partial charge in [0.05, 0.1) is 0 Å². The SMILES string of the molecule is CC(C)NC1CCCC1C.Cl. The minimum atomic E-state index is 0. The highest BCUT2D eigenvalue weighted by Gasteiger charge is 2.22. The summed E-state index contributed by atoms with van der Waals surface area (Å²) in [6, 6.07) is 1.46. The van der Waals surface area contributed by atoms with Gasteiger partial charge in [0.1, 0.15) is 0 Å². The number of hydrogen-bond donors (Lipinski definition) is 1. The first-order valence-electron chi connectivity index (χ1n) is 4.46. The molecule has 0 aromatic rings. The van der Waals surface area contributed by atoms with Crippen LogP contribution in [-0.2, 0) is 0 Å². The molecule has 1 N–H and O–H groups in total. The average molecular weight is 178 g/mol. The Hall–Kier alpha value is 0.250. The zero-order valence-electron chi connectivity index (χ0n) is 7.76. The fourth-order valence-corrected chi connectivity index (χ4v) is 1.82. The molecule has 0 amide bonds. The molecule has 2 heteroatoms. The molecule has 1 fully saturated rings. The molecule has 1 rings (SSSR count). The summed E-state index contributed by atoms with van der Waals surface area (Å²) in [7, 11) is 0. The molecule has 1 nitrogen and oxygen atoms in total. The van der Waals surface area contributed by atoms with Crippen LogP contribution in [0.1, 0.15) is 40.0 Å². The molecule has 0 radical (unpaired) electrons. The van der Waals surface area contributed by atoms with E-state index in [1.54, 1.807) is 0 Å². The second-order valence-corrected chi connectivity index (χ2v) is 3.84. The van der Waals surface area contributed by atoms with Crippen molar-refractivity contribution in [3.05, 3.63) is 0 Å². The Bertz CT molecular complexity index is 104. The van der Waals surface area contributed by atoms with E-state index in [0.717, 1.165) is 12.0 Å². The summed E-state index contributed by atoms with van der Waals surface area (Å²) in [6.07, 6.45) is 4.23. The Morgan fingerprint density at radius 3 is 2.27 bits per heavy atom. The normalized spacial score (nSPS) is 30.5. The minimum absolute atomic E-state index is 0. The Balaban J connectivity index is 0.000001000. The first kappa shape index (κ1) is 11.2. The first-order chi connectivity index (χ1) is 4.70. The number of halogens is 1. The summed E-state index contributed by atoms with van der Waals surface area (Å²) in [6.45, 7) is 6.81. The van der Waals surface area contributed by atoms with Gasteiger partial charge in [-0.1, -0.05) is 27.2 Å². The zero-order chi connectivity index (χ0) is 7.56. The molecule has 1 aliphatic carbocycles. The molecule has 0 heterocycles. The standard InChI is InChI=1S/C9H19N.ClH/c1-7(2)10-9-6-4-5-8(9)3;/h7-10H,4-6H2,1-3H3;1H. The molecule has 1 aliphatic rings. The van der Waals surface area contributed by atoms with Crippen LogP contribution in [0.4, 0.5) is 0 Å². The van der Waals surface area contributed by atoms with E-state index in [1.165, 1.54) is 19.3 Å². The number of rotatable bonds is 2. The van der Waals surface area contributed by atoms with Gasteiger partial charge in [-0.25, -0.2) is 0 Å². The highest BCUT2D eigenvalue weighted by atomic mass is 35.5. The summed E-state index contributed by atoms with van der Waals surface area (Å²) in [5, 5.41) is 3.59. The summed E-state index contributed by atoms with van der Waals surface area (Å²) in [4.78, 5) is 0. The van der Waals surface area contributed by atoms with Gasteiger partial charge in [-0.2, -0.15) is 0 Å². The van der Waals surface area contributed by atoms with Gasteiger partial charge in [0.25, 0.3) is 0 Å². The van der Waals surface area contributed by atoms with E-state index in [2.05, 4.69) is 26.1 Å². The lowest BCUT2D eigenvalue weighted by Gasteiger charge is -2.19. The number of nitrogens with one attached hydrogen (secondary N) is 1. The molecule has 0 aliphatic heterocycles. The molecule has 2 unspecified atom stereocenters. The fourth-order valence-electron chi connectivity index (χ4n) is 1.82. The van der Waals surface area contributed by atoms with Gasteiger partial charge >= 0.3 is 0 Å². The van der Waals surface area contributed by atoms with Gasteiger partial charge in [-0.3, -0.25) is 0 Å². The molecule has 0 spiro atoms. The predicted molar refractivity (Wildman–Crippen MR) is 52.3 cm³/mol. The van der Waals surface area contributed by atoms with Crippen molar-refractivity contribution in [2.24, 2.45) is 5.92 Å². The van der Waals surface area contributed by atoms with Gasteiger partial charge in [0, 0.05) is 12.1 Å². The average Bonchev–Trinajstić information content (AvgIpc) is 2.15. The Kier molecular flexibility index (Phi) is 5.11. The van der Waals surface area contributed by atoms with E-state index in [1.807, 2.05) is 0 Å². The van der Waals surface area contributed by atoms with Crippen molar-refractivity contribution in [1.29, 1.82) is 0 Å². The quantitative estimate of drug-likeness (QED) is 0.684. The lowest BCUT2D eigenvalue weighted by molar-refractivity contribution is 0.395. The maximum absolute atomic E-state index is 3.59. The molecule has 0 aromatic carbocycles. The largest absolute Gasteiger partial charge is 0.312 e. The van der Waals surface area contributed by atoms with E-state index in [9.17, 15) is 0 Å². The van der Waals surface area contributed by atoms with Crippen LogP contribution in [0.2, 0.25) is 0 Å². The van der Waals surface area contributed by atoms with Crippen molar-refractivity contribution in [2.75, 3.05) is 0 Å². The minimum Gasteiger partial charge on any atom is -0.312 e. The van der Waals surface area contributed by atoms with Crippen molar-refractivity contribution in [3.63, 3.8) is 0 Å². The summed E-state index contributed by atoms with van der Waals surface area (Å²) in [5.41, 5.74) is 0. The van der Waals surface area contributed by atoms with E-state index in [0.29, 0.717) is 6.04 Å². The van der Waals surface area contributed by atoms with Gasteiger partial charge in [-0.15, -0.1) is 12.4 Å². The maximum Gasteiger partial charge on any atom is 0.00950 e. The molecule has 0 saturated heterocycles. The third-order valence-electron chi connectivity index (χ3n) is 2.41. The third-order valence-corrected chi connectivity index (χ3v) is 2.41. The fraction of sp³-hybridized carbons (Fsp3) is 1.00.